The van der Waals surface area contributed by atoms with Crippen LogP contribution in [0.3, 0.4) is 0 Å². The molecule has 6 nitrogen and oxygen atoms in total. The van der Waals surface area contributed by atoms with E-state index < -0.39 is 23.2 Å². The fourth-order valence-electron chi connectivity index (χ4n) is 6.72. The number of hydrogen-bond donors (Lipinski definition) is 1. The molecule has 34 heavy (non-hydrogen) atoms. The van der Waals surface area contributed by atoms with Gasteiger partial charge in [-0.3, -0.25) is 15.2 Å². The third-order valence-corrected chi connectivity index (χ3v) is 8.40. The number of halogens is 3. The first-order valence-electron chi connectivity index (χ1n) is 12.8. The van der Waals surface area contributed by atoms with E-state index >= 15 is 0 Å². The Morgan fingerprint density at radius 1 is 1.12 bits per heavy atom. The highest BCUT2D eigenvalue weighted by molar-refractivity contribution is 5.92. The van der Waals surface area contributed by atoms with Crippen LogP contribution in [0.25, 0.3) is 0 Å². The van der Waals surface area contributed by atoms with Crippen molar-refractivity contribution in [2.45, 2.75) is 63.7 Å². The van der Waals surface area contributed by atoms with Crippen LogP contribution in [0.1, 0.15) is 52.9 Å². The molecule has 2 heterocycles. The van der Waals surface area contributed by atoms with E-state index in [9.17, 15) is 19.8 Å². The van der Waals surface area contributed by atoms with Crippen molar-refractivity contribution in [3.05, 3.63) is 23.9 Å². The molecule has 5 aliphatic rings. The highest BCUT2D eigenvalue weighted by Crippen LogP contribution is 2.54. The number of hydrogen-bond acceptors (Lipinski definition) is 5. The van der Waals surface area contributed by atoms with Crippen molar-refractivity contribution >= 4 is 11.7 Å². The van der Waals surface area contributed by atoms with Crippen LogP contribution in [0.5, 0.6) is 0 Å². The van der Waals surface area contributed by atoms with Gasteiger partial charge in [0.15, 0.2) is 6.19 Å². The molecule has 1 aliphatic heterocycles. The SMILES string of the molecule is [2H]C12CC3CC(CC(C3)C1N=C(NC#N)C(C)(C)N1CCN(c3ccc(C(F)(F)F)cn3)CC1)C2. The minimum Gasteiger partial charge on any atom is -0.354 e. The number of nitriles is 1. The van der Waals surface area contributed by atoms with Gasteiger partial charge in [0.25, 0.3) is 0 Å². The number of aliphatic imine (C=N–C) groups is 1. The summed E-state index contributed by atoms with van der Waals surface area (Å²) in [5.41, 5.74) is -1.29. The van der Waals surface area contributed by atoms with E-state index in [0.717, 1.165) is 37.9 Å². The molecule has 1 aromatic rings. The standard InChI is InChI=1S/C25H33F3N6/c1-24(2,23(31-15-29)32-22-18-10-16-9-17(12-18)13-19(22)11-16)34-7-5-33(6-8-34)21-4-3-20(14-30-21)25(26,27)28/h3-4,14,16-19,22H,5-13H2,1-2H3,(H,31,32)/i18D. The topological polar surface area (TPSA) is 67.6 Å². The molecule has 0 spiro atoms. The number of nitrogens with one attached hydrogen (secondary N) is 1. The molecule has 0 amide bonds. The molecule has 3 atom stereocenters. The van der Waals surface area contributed by atoms with Gasteiger partial charge in [0, 0.05) is 33.7 Å². The summed E-state index contributed by atoms with van der Waals surface area (Å²) in [6.45, 7) is 6.64. The molecule has 0 radical (unpaired) electrons. The fourth-order valence-corrected chi connectivity index (χ4v) is 6.72. The maximum absolute atomic E-state index is 12.9. The lowest BCUT2D eigenvalue weighted by Crippen LogP contribution is -2.61. The quantitative estimate of drug-likeness (QED) is 0.305. The summed E-state index contributed by atoms with van der Waals surface area (Å²) in [5, 5.41) is 12.4. The number of pyridine rings is 1. The molecule has 184 valence electrons. The Kier molecular flexibility index (Phi) is 5.67. The maximum atomic E-state index is 12.9. The third-order valence-electron chi connectivity index (χ3n) is 8.40. The number of rotatable bonds is 4. The van der Waals surface area contributed by atoms with Crippen LogP contribution in [0.15, 0.2) is 23.3 Å². The van der Waals surface area contributed by atoms with Gasteiger partial charge in [0.05, 0.1) is 17.1 Å². The smallest absolute Gasteiger partial charge is 0.354 e. The molecule has 6 rings (SSSR count). The van der Waals surface area contributed by atoms with E-state index in [2.05, 4.69) is 35.2 Å². The van der Waals surface area contributed by atoms with E-state index in [1.165, 1.54) is 12.5 Å². The van der Waals surface area contributed by atoms with Crippen molar-refractivity contribution in [2.75, 3.05) is 31.1 Å². The average Bonchev–Trinajstić information content (AvgIpc) is 2.79. The largest absolute Gasteiger partial charge is 0.417 e. The molecule has 3 unspecified atom stereocenters. The lowest BCUT2D eigenvalue weighted by atomic mass is 9.54. The maximum Gasteiger partial charge on any atom is 0.417 e. The zero-order valence-corrected chi connectivity index (χ0v) is 19.8. The van der Waals surface area contributed by atoms with Gasteiger partial charge in [-0.05, 0) is 81.7 Å². The Hall–Kier alpha value is -2.34. The summed E-state index contributed by atoms with van der Waals surface area (Å²) in [5.74, 6) is 2.36. The van der Waals surface area contributed by atoms with E-state index in [4.69, 9.17) is 4.99 Å². The normalized spacial score (nSPS) is 34.6. The lowest BCUT2D eigenvalue weighted by molar-refractivity contribution is -0.137. The zero-order valence-electron chi connectivity index (χ0n) is 20.8. The average molecular weight is 476 g/mol. The van der Waals surface area contributed by atoms with Crippen molar-refractivity contribution in [1.82, 2.24) is 15.2 Å². The molecule has 1 N–H and O–H groups in total. The van der Waals surface area contributed by atoms with Crippen molar-refractivity contribution in [3.8, 4) is 6.19 Å². The second kappa shape index (κ2) is 8.71. The monoisotopic (exact) mass is 475 g/mol. The van der Waals surface area contributed by atoms with Crippen molar-refractivity contribution < 1.29 is 14.5 Å². The fraction of sp³-hybridized carbons (Fsp3) is 0.720. The van der Waals surface area contributed by atoms with Gasteiger partial charge in [-0.2, -0.15) is 18.4 Å². The summed E-state index contributed by atoms with van der Waals surface area (Å²) in [7, 11) is 0. The van der Waals surface area contributed by atoms with Gasteiger partial charge >= 0.3 is 6.18 Å². The Bertz CT molecular complexity index is 996. The van der Waals surface area contributed by atoms with Gasteiger partial charge in [-0.1, -0.05) is 0 Å². The number of piperazine rings is 1. The van der Waals surface area contributed by atoms with E-state index in [1.807, 2.05) is 4.90 Å². The molecular weight excluding hydrogens is 441 g/mol. The Labute approximate surface area is 200 Å². The summed E-state index contributed by atoms with van der Waals surface area (Å²) < 4.78 is 47.8. The zero-order chi connectivity index (χ0) is 25.0. The second-order valence-electron chi connectivity index (χ2n) is 10.9. The summed E-state index contributed by atoms with van der Waals surface area (Å²) in [4.78, 5) is 13.4. The Morgan fingerprint density at radius 2 is 1.79 bits per heavy atom. The predicted molar refractivity (Wildman–Crippen MR) is 124 cm³/mol. The summed E-state index contributed by atoms with van der Waals surface area (Å²) in [6, 6.07) is 2.42. The predicted octanol–water partition coefficient (Wildman–Crippen LogP) is 4.29. The van der Waals surface area contributed by atoms with Crippen LogP contribution in [0.4, 0.5) is 19.0 Å². The van der Waals surface area contributed by atoms with Gasteiger partial charge in [0.2, 0.25) is 0 Å². The Morgan fingerprint density at radius 3 is 2.32 bits per heavy atom. The van der Waals surface area contributed by atoms with Crippen molar-refractivity contribution in [1.29, 1.82) is 5.26 Å². The minimum atomic E-state index is -4.40. The van der Waals surface area contributed by atoms with E-state index in [0.29, 0.717) is 55.6 Å². The molecule has 4 aliphatic carbocycles. The van der Waals surface area contributed by atoms with Gasteiger partial charge in [0.1, 0.15) is 11.7 Å². The van der Waals surface area contributed by atoms with Gasteiger partial charge in [-0.25, -0.2) is 4.98 Å². The molecule has 1 aromatic heterocycles. The number of amidine groups is 1. The van der Waals surface area contributed by atoms with E-state index in [1.54, 1.807) is 0 Å². The minimum absolute atomic E-state index is 0.0805. The van der Waals surface area contributed by atoms with Gasteiger partial charge < -0.3 is 4.90 Å². The first kappa shape index (κ1) is 22.1. The number of nitrogens with zero attached hydrogens (tertiary/aromatic N) is 5. The van der Waals surface area contributed by atoms with E-state index in [-0.39, 0.29) is 6.04 Å². The third kappa shape index (κ3) is 4.37. The molecule has 0 aromatic carbocycles. The highest BCUT2D eigenvalue weighted by Gasteiger charge is 2.49. The molecule has 5 fully saturated rings. The lowest BCUT2D eigenvalue weighted by Gasteiger charge is -2.53. The Balaban J connectivity index is 1.30. The van der Waals surface area contributed by atoms with Gasteiger partial charge in [-0.15, -0.1) is 0 Å². The van der Waals surface area contributed by atoms with Crippen LogP contribution < -0.4 is 10.2 Å². The van der Waals surface area contributed by atoms with Crippen molar-refractivity contribution in [2.24, 2.45) is 28.6 Å². The van der Waals surface area contributed by atoms with Crippen LogP contribution in [0, 0.1) is 35.1 Å². The van der Waals surface area contributed by atoms with Crippen LogP contribution in [0.2, 0.25) is 0 Å². The van der Waals surface area contributed by atoms with Crippen LogP contribution >= 0.6 is 0 Å². The highest BCUT2D eigenvalue weighted by atomic mass is 19.4. The van der Waals surface area contributed by atoms with Crippen molar-refractivity contribution in [3.63, 3.8) is 0 Å². The van der Waals surface area contributed by atoms with Crippen LogP contribution in [-0.4, -0.2) is 53.5 Å². The molecular formula is C25H33F3N6. The van der Waals surface area contributed by atoms with Crippen LogP contribution in [-0.2, 0) is 6.18 Å². The summed E-state index contributed by atoms with van der Waals surface area (Å²) >= 11 is 0. The number of anilines is 1. The molecule has 4 bridgehead atoms. The molecule has 4 saturated carbocycles. The molecule has 1 saturated heterocycles. The summed E-state index contributed by atoms with van der Waals surface area (Å²) in [6.07, 6.45) is 3.93. The first-order valence-corrected chi connectivity index (χ1v) is 12.3. The number of aromatic nitrogens is 1. The number of alkyl halides is 3. The molecule has 9 heteroatoms. The second-order valence-corrected chi connectivity index (χ2v) is 10.9. The first-order chi connectivity index (χ1) is 16.5.